The minimum atomic E-state index is -2.88. The number of hydrogen-bond acceptors (Lipinski definition) is 4. The number of nitriles is 1. The third kappa shape index (κ3) is 4.87. The molecular formula is C12H16N2O2S. The van der Waals surface area contributed by atoms with Gasteiger partial charge in [-0.05, 0) is 30.7 Å². The highest BCUT2D eigenvalue weighted by Crippen LogP contribution is 2.13. The first-order chi connectivity index (χ1) is 7.92. The lowest BCUT2D eigenvalue weighted by atomic mass is 10.2. The number of anilines is 1. The maximum Gasteiger partial charge on any atom is 0.147 e. The van der Waals surface area contributed by atoms with Crippen LogP contribution in [0.4, 0.5) is 5.69 Å². The third-order valence-electron chi connectivity index (χ3n) is 2.45. The van der Waals surface area contributed by atoms with Crippen molar-refractivity contribution in [3.05, 3.63) is 29.8 Å². The molecule has 0 aliphatic carbocycles. The molecule has 1 aromatic carbocycles. The second-order valence-corrected chi connectivity index (χ2v) is 6.32. The van der Waals surface area contributed by atoms with Gasteiger partial charge in [0.1, 0.15) is 9.84 Å². The van der Waals surface area contributed by atoms with Gasteiger partial charge in [0.2, 0.25) is 0 Å². The van der Waals surface area contributed by atoms with E-state index in [4.69, 9.17) is 5.26 Å². The van der Waals surface area contributed by atoms with E-state index in [0.29, 0.717) is 18.5 Å². The minimum Gasteiger partial charge on any atom is -0.375 e. The van der Waals surface area contributed by atoms with Crippen molar-refractivity contribution < 1.29 is 8.42 Å². The maximum absolute atomic E-state index is 11.0. The summed E-state index contributed by atoms with van der Waals surface area (Å²) in [5.74, 6) is 0.202. The van der Waals surface area contributed by atoms with Gasteiger partial charge in [-0.1, -0.05) is 0 Å². The van der Waals surface area contributed by atoms with E-state index < -0.39 is 9.84 Å². The molecule has 0 heterocycles. The zero-order valence-electron chi connectivity index (χ0n) is 10.0. The molecule has 0 atom stereocenters. The van der Waals surface area contributed by atoms with Crippen LogP contribution >= 0.6 is 0 Å². The van der Waals surface area contributed by atoms with E-state index in [1.54, 1.807) is 12.1 Å². The molecule has 0 aromatic heterocycles. The van der Waals surface area contributed by atoms with Crippen molar-refractivity contribution in [3.8, 4) is 6.07 Å². The number of hydrogen-bond donors (Lipinski definition) is 0. The first kappa shape index (κ1) is 13.5. The fraction of sp³-hybridized carbons (Fsp3) is 0.417. The van der Waals surface area contributed by atoms with Crippen molar-refractivity contribution in [3.63, 3.8) is 0 Å². The molecule has 5 heteroatoms. The van der Waals surface area contributed by atoms with Gasteiger partial charge in [-0.2, -0.15) is 5.26 Å². The Morgan fingerprint density at radius 1 is 1.29 bits per heavy atom. The predicted molar refractivity (Wildman–Crippen MR) is 68.8 cm³/mol. The summed E-state index contributed by atoms with van der Waals surface area (Å²) < 4.78 is 22.0. The molecule has 0 fully saturated rings. The Morgan fingerprint density at radius 2 is 1.88 bits per heavy atom. The molecule has 0 radical (unpaired) electrons. The summed E-state index contributed by atoms with van der Waals surface area (Å²) in [5, 5.41) is 8.67. The summed E-state index contributed by atoms with van der Waals surface area (Å²) in [4.78, 5) is 1.98. The summed E-state index contributed by atoms with van der Waals surface area (Å²) in [7, 11) is -0.976. The smallest absolute Gasteiger partial charge is 0.147 e. The zero-order chi connectivity index (χ0) is 12.9. The lowest BCUT2D eigenvalue weighted by molar-refractivity contribution is 0.599. The fourth-order valence-electron chi connectivity index (χ4n) is 1.48. The van der Waals surface area contributed by atoms with Gasteiger partial charge >= 0.3 is 0 Å². The van der Waals surface area contributed by atoms with Gasteiger partial charge in [0.05, 0.1) is 17.4 Å². The van der Waals surface area contributed by atoms with Gasteiger partial charge in [0.15, 0.2) is 0 Å². The first-order valence-electron chi connectivity index (χ1n) is 5.31. The molecule has 92 valence electrons. The van der Waals surface area contributed by atoms with Crippen LogP contribution in [0.15, 0.2) is 24.3 Å². The summed E-state index contributed by atoms with van der Waals surface area (Å²) in [6.45, 7) is 0.680. The van der Waals surface area contributed by atoms with Crippen molar-refractivity contribution >= 4 is 15.5 Å². The third-order valence-corrected chi connectivity index (χ3v) is 3.48. The molecule has 0 N–H and O–H groups in total. The summed E-state index contributed by atoms with van der Waals surface area (Å²) >= 11 is 0. The maximum atomic E-state index is 11.0. The minimum absolute atomic E-state index is 0.202. The van der Waals surface area contributed by atoms with Crippen molar-refractivity contribution in [1.82, 2.24) is 0 Å². The highest BCUT2D eigenvalue weighted by Gasteiger charge is 2.04. The zero-order valence-corrected chi connectivity index (χ0v) is 10.9. The molecule has 0 saturated carbocycles. The van der Waals surface area contributed by atoms with Gasteiger partial charge in [-0.25, -0.2) is 8.42 Å². The van der Waals surface area contributed by atoms with E-state index in [2.05, 4.69) is 6.07 Å². The topological polar surface area (TPSA) is 61.2 Å². The largest absolute Gasteiger partial charge is 0.375 e. The van der Waals surface area contributed by atoms with Gasteiger partial charge in [0.25, 0.3) is 0 Å². The van der Waals surface area contributed by atoms with Crippen LogP contribution in [0.2, 0.25) is 0 Å². The summed E-state index contributed by atoms with van der Waals surface area (Å²) in [5.41, 5.74) is 1.61. The molecule has 0 unspecified atom stereocenters. The normalized spacial score (nSPS) is 10.9. The van der Waals surface area contributed by atoms with Crippen LogP contribution in [-0.2, 0) is 9.84 Å². The number of nitrogens with zero attached hydrogens (tertiary/aromatic N) is 2. The van der Waals surface area contributed by atoms with Crippen LogP contribution in [0.25, 0.3) is 0 Å². The molecule has 0 aliphatic heterocycles. The fourth-order valence-corrected chi connectivity index (χ4v) is 2.14. The Balaban J connectivity index is 2.52. The Labute approximate surface area is 102 Å². The lowest BCUT2D eigenvalue weighted by Gasteiger charge is -2.18. The molecule has 1 rings (SSSR count). The van der Waals surface area contributed by atoms with E-state index in [0.717, 1.165) is 5.69 Å². The average Bonchev–Trinajstić information content (AvgIpc) is 2.27. The van der Waals surface area contributed by atoms with E-state index in [-0.39, 0.29) is 5.75 Å². The second-order valence-electron chi connectivity index (χ2n) is 4.06. The van der Waals surface area contributed by atoms with Crippen LogP contribution in [0, 0.1) is 11.3 Å². The monoisotopic (exact) mass is 252 g/mol. The van der Waals surface area contributed by atoms with Gasteiger partial charge in [0, 0.05) is 25.5 Å². The Bertz CT molecular complexity index is 500. The molecule has 0 spiro atoms. The Morgan fingerprint density at radius 3 is 2.35 bits per heavy atom. The molecule has 4 nitrogen and oxygen atoms in total. The van der Waals surface area contributed by atoms with Crippen LogP contribution < -0.4 is 4.90 Å². The van der Waals surface area contributed by atoms with E-state index >= 15 is 0 Å². The molecule has 0 saturated heterocycles. The molecule has 0 amide bonds. The van der Waals surface area contributed by atoms with Crippen LogP contribution in [-0.4, -0.2) is 34.0 Å². The number of benzene rings is 1. The quantitative estimate of drug-likeness (QED) is 0.795. The van der Waals surface area contributed by atoms with Crippen molar-refractivity contribution in [2.75, 3.05) is 30.5 Å². The number of sulfone groups is 1. The van der Waals surface area contributed by atoms with Crippen molar-refractivity contribution in [2.45, 2.75) is 6.42 Å². The number of rotatable bonds is 5. The lowest BCUT2D eigenvalue weighted by Crippen LogP contribution is -2.20. The highest BCUT2D eigenvalue weighted by atomic mass is 32.2. The SMILES string of the molecule is CN(CCCS(C)(=O)=O)c1ccc(C#N)cc1. The van der Waals surface area contributed by atoms with E-state index in [1.165, 1.54) is 6.26 Å². The van der Waals surface area contributed by atoms with Crippen LogP contribution in [0.3, 0.4) is 0 Å². The van der Waals surface area contributed by atoms with Crippen molar-refractivity contribution in [2.24, 2.45) is 0 Å². The van der Waals surface area contributed by atoms with Crippen molar-refractivity contribution in [1.29, 1.82) is 5.26 Å². The van der Waals surface area contributed by atoms with Crippen LogP contribution in [0.5, 0.6) is 0 Å². The van der Waals surface area contributed by atoms with Gasteiger partial charge in [-0.3, -0.25) is 0 Å². The molecule has 0 aliphatic rings. The highest BCUT2D eigenvalue weighted by molar-refractivity contribution is 7.90. The van der Waals surface area contributed by atoms with Gasteiger partial charge in [-0.15, -0.1) is 0 Å². The molecular weight excluding hydrogens is 236 g/mol. The van der Waals surface area contributed by atoms with E-state index in [1.807, 2.05) is 24.1 Å². The standard InChI is InChI=1S/C12H16N2O2S/c1-14(8-3-9-17(2,15)16)12-6-4-11(10-13)5-7-12/h4-7H,3,8-9H2,1-2H3. The van der Waals surface area contributed by atoms with E-state index in [9.17, 15) is 8.42 Å². The van der Waals surface area contributed by atoms with Crippen LogP contribution in [0.1, 0.15) is 12.0 Å². The second kappa shape index (κ2) is 5.69. The first-order valence-corrected chi connectivity index (χ1v) is 7.37. The molecule has 0 bridgehead atoms. The predicted octanol–water partition coefficient (Wildman–Crippen LogP) is 1.43. The Hall–Kier alpha value is -1.54. The summed E-state index contributed by atoms with van der Waals surface area (Å²) in [6.07, 6.45) is 1.85. The summed E-state index contributed by atoms with van der Waals surface area (Å²) in [6, 6.07) is 9.28. The van der Waals surface area contributed by atoms with Gasteiger partial charge < -0.3 is 4.90 Å². The Kier molecular flexibility index (Phi) is 4.53. The molecule has 1 aromatic rings. The average molecular weight is 252 g/mol. The molecule has 17 heavy (non-hydrogen) atoms.